The number of hydrogen-bond donors (Lipinski definition) is 0. The van der Waals surface area contributed by atoms with E-state index in [-0.39, 0.29) is 0 Å². The molecule has 0 bridgehead atoms. The molecule has 1 nitrogen and oxygen atoms in total. The molecule has 0 saturated heterocycles. The van der Waals surface area contributed by atoms with Gasteiger partial charge in [-0.05, 0) is 30.9 Å². The van der Waals surface area contributed by atoms with Crippen molar-refractivity contribution in [2.45, 2.75) is 36.8 Å². The van der Waals surface area contributed by atoms with Gasteiger partial charge in [0.1, 0.15) is 0 Å². The van der Waals surface area contributed by atoms with Gasteiger partial charge in [0.05, 0.1) is 12.7 Å². The third kappa shape index (κ3) is 2.96. The summed E-state index contributed by atoms with van der Waals surface area (Å²) in [5, 5.41) is 0.793. The van der Waals surface area contributed by atoms with Crippen LogP contribution in [-0.2, 0) is 11.3 Å². The summed E-state index contributed by atoms with van der Waals surface area (Å²) >= 11 is 9.69. The van der Waals surface area contributed by atoms with Gasteiger partial charge in [-0.2, -0.15) is 0 Å². The minimum absolute atomic E-state index is 0.348. The number of rotatable bonds is 3. The van der Waals surface area contributed by atoms with E-state index in [0.717, 1.165) is 17.0 Å². The maximum Gasteiger partial charge on any atom is 0.0735 e. The monoisotopic (exact) mass is 288 g/mol. The first-order valence-corrected chi connectivity index (χ1v) is 6.56. The van der Waals surface area contributed by atoms with Gasteiger partial charge in [-0.25, -0.2) is 0 Å². The van der Waals surface area contributed by atoms with E-state index in [1.54, 1.807) is 0 Å². The molecule has 0 aliphatic heterocycles. The van der Waals surface area contributed by atoms with Gasteiger partial charge in [0, 0.05) is 9.85 Å². The summed E-state index contributed by atoms with van der Waals surface area (Å²) in [4.78, 5) is 0.514. The highest BCUT2D eigenvalue weighted by molar-refractivity contribution is 9.09. The van der Waals surface area contributed by atoms with Crippen molar-refractivity contribution in [3.05, 3.63) is 34.9 Å². The second kappa shape index (κ2) is 5.33. The molecule has 1 saturated carbocycles. The van der Waals surface area contributed by atoms with Crippen LogP contribution in [0.25, 0.3) is 0 Å². The van der Waals surface area contributed by atoms with E-state index >= 15 is 0 Å². The SMILES string of the molecule is Clc1ccccc1COC1CCCC1Br. The van der Waals surface area contributed by atoms with Gasteiger partial charge in [0.15, 0.2) is 0 Å². The first-order chi connectivity index (χ1) is 7.27. The van der Waals surface area contributed by atoms with Crippen LogP contribution in [0, 0.1) is 0 Å². The molecule has 3 heteroatoms. The topological polar surface area (TPSA) is 9.23 Å². The Morgan fingerprint density at radius 1 is 1.33 bits per heavy atom. The molecule has 1 aliphatic carbocycles. The van der Waals surface area contributed by atoms with Crippen LogP contribution in [0.3, 0.4) is 0 Å². The van der Waals surface area contributed by atoms with E-state index in [4.69, 9.17) is 16.3 Å². The van der Waals surface area contributed by atoms with Gasteiger partial charge in [0.2, 0.25) is 0 Å². The van der Waals surface area contributed by atoms with Crippen LogP contribution in [0.4, 0.5) is 0 Å². The summed E-state index contributed by atoms with van der Waals surface area (Å²) in [5.41, 5.74) is 1.07. The largest absolute Gasteiger partial charge is 0.372 e. The molecule has 0 aromatic heterocycles. The maximum absolute atomic E-state index is 6.05. The average molecular weight is 290 g/mol. The lowest BCUT2D eigenvalue weighted by molar-refractivity contribution is 0.0500. The van der Waals surface area contributed by atoms with Crippen molar-refractivity contribution in [2.24, 2.45) is 0 Å². The molecule has 1 aliphatic rings. The lowest BCUT2D eigenvalue weighted by Gasteiger charge is -2.15. The second-order valence-corrected chi connectivity index (χ2v) is 5.47. The molecule has 2 rings (SSSR count). The van der Waals surface area contributed by atoms with E-state index in [0.29, 0.717) is 17.5 Å². The van der Waals surface area contributed by atoms with Gasteiger partial charge < -0.3 is 4.74 Å². The Labute approximate surface area is 104 Å². The highest BCUT2D eigenvalue weighted by Gasteiger charge is 2.25. The fourth-order valence-electron chi connectivity index (χ4n) is 1.88. The molecular formula is C12H14BrClO. The van der Waals surface area contributed by atoms with Crippen LogP contribution in [0.2, 0.25) is 5.02 Å². The minimum atomic E-state index is 0.348. The van der Waals surface area contributed by atoms with Gasteiger partial charge in [0.25, 0.3) is 0 Å². The summed E-state index contributed by atoms with van der Waals surface area (Å²) in [5.74, 6) is 0. The zero-order chi connectivity index (χ0) is 10.7. The third-order valence-corrected chi connectivity index (χ3v) is 4.20. The molecule has 1 aromatic carbocycles. The van der Waals surface area contributed by atoms with Crippen molar-refractivity contribution < 1.29 is 4.74 Å². The third-order valence-electron chi connectivity index (χ3n) is 2.78. The molecule has 15 heavy (non-hydrogen) atoms. The summed E-state index contributed by atoms with van der Waals surface area (Å²) in [7, 11) is 0. The molecule has 2 unspecified atom stereocenters. The first kappa shape index (κ1) is 11.4. The van der Waals surface area contributed by atoms with E-state index in [1.165, 1.54) is 12.8 Å². The van der Waals surface area contributed by atoms with Crippen LogP contribution in [0.1, 0.15) is 24.8 Å². The van der Waals surface area contributed by atoms with Gasteiger partial charge in [-0.1, -0.05) is 45.7 Å². The lowest BCUT2D eigenvalue weighted by Crippen LogP contribution is -2.17. The van der Waals surface area contributed by atoms with Crippen molar-refractivity contribution >= 4 is 27.5 Å². The maximum atomic E-state index is 6.05. The zero-order valence-electron chi connectivity index (χ0n) is 8.46. The van der Waals surface area contributed by atoms with E-state index in [1.807, 2.05) is 24.3 Å². The van der Waals surface area contributed by atoms with Crippen molar-refractivity contribution in [3.63, 3.8) is 0 Å². The zero-order valence-corrected chi connectivity index (χ0v) is 10.8. The van der Waals surface area contributed by atoms with Crippen molar-refractivity contribution in [2.75, 3.05) is 0 Å². The smallest absolute Gasteiger partial charge is 0.0735 e. The number of benzene rings is 1. The van der Waals surface area contributed by atoms with E-state index < -0.39 is 0 Å². The van der Waals surface area contributed by atoms with Gasteiger partial charge >= 0.3 is 0 Å². The van der Waals surface area contributed by atoms with Crippen molar-refractivity contribution in [1.29, 1.82) is 0 Å². The second-order valence-electron chi connectivity index (χ2n) is 3.89. The lowest BCUT2D eigenvalue weighted by atomic mass is 10.2. The molecule has 0 heterocycles. The first-order valence-electron chi connectivity index (χ1n) is 5.26. The average Bonchev–Trinajstić information content (AvgIpc) is 2.63. The Balaban J connectivity index is 1.90. The summed E-state index contributed by atoms with van der Waals surface area (Å²) in [6.45, 7) is 0.617. The molecule has 1 fully saturated rings. The van der Waals surface area contributed by atoms with Crippen LogP contribution in [0.5, 0.6) is 0 Å². The molecule has 1 aromatic rings. The summed E-state index contributed by atoms with van der Waals surface area (Å²) < 4.78 is 5.85. The molecule has 0 amide bonds. The standard InChI is InChI=1S/C12H14BrClO/c13-10-5-3-7-12(10)15-8-9-4-1-2-6-11(9)14/h1-2,4,6,10,12H,3,5,7-8H2. The van der Waals surface area contributed by atoms with Crippen molar-refractivity contribution in [1.82, 2.24) is 0 Å². The molecule has 2 atom stereocenters. The normalized spacial score (nSPS) is 25.7. The fraction of sp³-hybridized carbons (Fsp3) is 0.500. The van der Waals surface area contributed by atoms with E-state index in [9.17, 15) is 0 Å². The Kier molecular flexibility index (Phi) is 4.06. The number of alkyl halides is 1. The molecule has 0 N–H and O–H groups in total. The van der Waals surface area contributed by atoms with Crippen LogP contribution in [0.15, 0.2) is 24.3 Å². The summed E-state index contributed by atoms with van der Waals surface area (Å²) in [6, 6.07) is 7.85. The Morgan fingerprint density at radius 3 is 2.80 bits per heavy atom. The predicted octanol–water partition coefficient (Wildman–Crippen LogP) is 4.17. The fourth-order valence-corrected chi connectivity index (χ4v) is 2.81. The molecule has 82 valence electrons. The Hall–Kier alpha value is -0.0500. The van der Waals surface area contributed by atoms with Crippen LogP contribution < -0.4 is 0 Å². The van der Waals surface area contributed by atoms with Crippen LogP contribution in [-0.4, -0.2) is 10.9 Å². The van der Waals surface area contributed by atoms with Gasteiger partial charge in [-0.15, -0.1) is 0 Å². The summed E-state index contributed by atoms with van der Waals surface area (Å²) in [6.07, 6.45) is 3.97. The molecular weight excluding hydrogens is 275 g/mol. The quantitative estimate of drug-likeness (QED) is 0.759. The number of ether oxygens (including phenoxy) is 1. The molecule has 0 radical (unpaired) electrons. The Morgan fingerprint density at radius 2 is 2.13 bits per heavy atom. The minimum Gasteiger partial charge on any atom is -0.372 e. The number of hydrogen-bond acceptors (Lipinski definition) is 1. The predicted molar refractivity (Wildman–Crippen MR) is 66.6 cm³/mol. The van der Waals surface area contributed by atoms with Gasteiger partial charge in [-0.3, -0.25) is 0 Å². The van der Waals surface area contributed by atoms with Crippen molar-refractivity contribution in [3.8, 4) is 0 Å². The highest BCUT2D eigenvalue weighted by Crippen LogP contribution is 2.29. The number of halogens is 2. The Bertz CT molecular complexity index is 329. The highest BCUT2D eigenvalue weighted by atomic mass is 79.9. The van der Waals surface area contributed by atoms with E-state index in [2.05, 4.69) is 15.9 Å². The van der Waals surface area contributed by atoms with Crippen LogP contribution >= 0.6 is 27.5 Å². The molecule has 0 spiro atoms.